The predicted octanol–water partition coefficient (Wildman–Crippen LogP) is 3.16. The smallest absolute Gasteiger partial charge is 0.0670 e. The van der Waals surface area contributed by atoms with Crippen molar-refractivity contribution in [2.24, 2.45) is 0 Å². The van der Waals surface area contributed by atoms with Crippen molar-refractivity contribution in [3.63, 3.8) is 0 Å². The molecule has 0 atom stereocenters. The Morgan fingerprint density at radius 2 is 2.07 bits per heavy atom. The van der Waals surface area contributed by atoms with E-state index in [1.54, 1.807) is 0 Å². The van der Waals surface area contributed by atoms with E-state index in [1.165, 1.54) is 43.4 Å². The molecule has 1 fully saturated rings. The van der Waals surface area contributed by atoms with Crippen molar-refractivity contribution in [2.45, 2.75) is 38.5 Å². The van der Waals surface area contributed by atoms with Crippen LogP contribution >= 0.6 is 0 Å². The first-order valence-electron chi connectivity index (χ1n) is 5.63. The number of hydrogen-bond acceptors (Lipinski definition) is 2. The van der Waals surface area contributed by atoms with Gasteiger partial charge in [0.25, 0.3) is 0 Å². The minimum atomic E-state index is 0.510. The molecule has 0 aromatic carbocycles. The molecule has 15 heavy (non-hydrogen) atoms. The van der Waals surface area contributed by atoms with E-state index < -0.39 is 0 Å². The maximum absolute atomic E-state index is 8.77. The zero-order valence-electron chi connectivity index (χ0n) is 8.92. The Morgan fingerprint density at radius 1 is 1.27 bits per heavy atom. The first-order valence-corrected chi connectivity index (χ1v) is 5.63. The molecule has 0 aromatic heterocycles. The van der Waals surface area contributed by atoms with Crippen molar-refractivity contribution in [3.8, 4) is 6.07 Å². The van der Waals surface area contributed by atoms with E-state index >= 15 is 0 Å². The lowest BCUT2D eigenvalue weighted by molar-refractivity contribution is 0.589. The maximum Gasteiger partial charge on any atom is 0.0670 e. The molecular formula is C13H16N2. The van der Waals surface area contributed by atoms with Crippen LogP contribution < -0.4 is 5.32 Å². The number of nitrogens with one attached hydrogen (secondary N) is 1. The molecule has 0 radical (unpaired) electrons. The number of dihydropyridines is 1. The molecule has 0 spiro atoms. The van der Waals surface area contributed by atoms with Crippen LogP contribution in [0.3, 0.4) is 0 Å². The van der Waals surface area contributed by atoms with Gasteiger partial charge in [0.15, 0.2) is 0 Å². The van der Waals surface area contributed by atoms with Crippen LogP contribution in [0.25, 0.3) is 0 Å². The van der Waals surface area contributed by atoms with Crippen LogP contribution in [0.15, 0.2) is 35.2 Å². The Labute approximate surface area is 91.0 Å². The number of nitriles is 1. The summed E-state index contributed by atoms with van der Waals surface area (Å²) in [5.41, 5.74) is 3.88. The van der Waals surface area contributed by atoms with Crippen LogP contribution in [0, 0.1) is 11.3 Å². The van der Waals surface area contributed by atoms with Crippen LogP contribution in [0.1, 0.15) is 38.5 Å². The summed E-state index contributed by atoms with van der Waals surface area (Å²) in [5, 5.41) is 12.1. The van der Waals surface area contributed by atoms with Gasteiger partial charge in [-0.25, -0.2) is 0 Å². The number of nitrogens with zero attached hydrogens (tertiary/aromatic N) is 1. The summed E-state index contributed by atoms with van der Waals surface area (Å²) in [7, 11) is 0. The summed E-state index contributed by atoms with van der Waals surface area (Å²) in [5.74, 6) is 0. The van der Waals surface area contributed by atoms with Crippen LogP contribution in [-0.2, 0) is 0 Å². The predicted molar refractivity (Wildman–Crippen MR) is 60.7 cm³/mol. The Bertz CT molecular complexity index is 358. The zero-order valence-corrected chi connectivity index (χ0v) is 8.92. The van der Waals surface area contributed by atoms with Gasteiger partial charge in [-0.3, -0.25) is 0 Å². The second-order valence-corrected chi connectivity index (χ2v) is 4.07. The molecule has 0 aromatic rings. The van der Waals surface area contributed by atoms with Crippen LogP contribution in [-0.4, -0.2) is 0 Å². The molecule has 2 nitrogen and oxygen atoms in total. The third-order valence-corrected chi connectivity index (χ3v) is 3.02. The highest BCUT2D eigenvalue weighted by Gasteiger charge is 2.14. The van der Waals surface area contributed by atoms with Gasteiger partial charge in [-0.2, -0.15) is 5.26 Å². The number of hydrogen-bond donors (Lipinski definition) is 1. The van der Waals surface area contributed by atoms with Gasteiger partial charge in [-0.1, -0.05) is 12.5 Å². The molecule has 0 saturated heterocycles. The lowest BCUT2D eigenvalue weighted by Crippen LogP contribution is -2.15. The van der Waals surface area contributed by atoms with E-state index in [-0.39, 0.29) is 0 Å². The molecule has 1 heterocycles. The lowest BCUT2D eigenvalue weighted by atomic mass is 9.90. The highest BCUT2D eigenvalue weighted by atomic mass is 14.9. The molecule has 0 bridgehead atoms. The average molecular weight is 200 g/mol. The highest BCUT2D eigenvalue weighted by molar-refractivity contribution is 5.42. The van der Waals surface area contributed by atoms with E-state index in [2.05, 4.69) is 17.5 Å². The molecule has 78 valence electrons. The monoisotopic (exact) mass is 200 g/mol. The Morgan fingerprint density at radius 3 is 2.80 bits per heavy atom. The molecule has 2 rings (SSSR count). The SMILES string of the molecule is N#CCC1=CC=CNC1=C1CCCCC1. The standard InChI is InChI=1S/C13H16N2/c14-9-8-12-7-4-10-15-13(12)11-5-2-1-3-6-11/h4,7,10,15H,1-3,5-6,8H2. The minimum Gasteiger partial charge on any atom is -0.361 e. The van der Waals surface area contributed by atoms with Gasteiger partial charge in [0.1, 0.15) is 0 Å². The normalized spacial score (nSPS) is 20.6. The van der Waals surface area contributed by atoms with Gasteiger partial charge in [-0.05, 0) is 42.9 Å². The van der Waals surface area contributed by atoms with Crippen molar-refractivity contribution < 1.29 is 0 Å². The lowest BCUT2D eigenvalue weighted by Gasteiger charge is -2.22. The van der Waals surface area contributed by atoms with Gasteiger partial charge >= 0.3 is 0 Å². The van der Waals surface area contributed by atoms with Gasteiger partial charge in [0.2, 0.25) is 0 Å². The van der Waals surface area contributed by atoms with Gasteiger partial charge in [0.05, 0.1) is 12.5 Å². The van der Waals surface area contributed by atoms with Crippen LogP contribution in [0.5, 0.6) is 0 Å². The van der Waals surface area contributed by atoms with Crippen LogP contribution in [0.2, 0.25) is 0 Å². The number of rotatable bonds is 1. The molecular weight excluding hydrogens is 184 g/mol. The highest BCUT2D eigenvalue weighted by Crippen LogP contribution is 2.29. The van der Waals surface area contributed by atoms with E-state index in [1.807, 2.05) is 12.3 Å². The van der Waals surface area contributed by atoms with Gasteiger partial charge in [0, 0.05) is 11.9 Å². The van der Waals surface area contributed by atoms with Crippen molar-refractivity contribution in [1.29, 1.82) is 5.26 Å². The summed E-state index contributed by atoms with van der Waals surface area (Å²) >= 11 is 0. The van der Waals surface area contributed by atoms with Crippen molar-refractivity contribution in [2.75, 3.05) is 0 Å². The molecule has 1 aliphatic carbocycles. The summed E-state index contributed by atoms with van der Waals surface area (Å²) in [6.45, 7) is 0. The summed E-state index contributed by atoms with van der Waals surface area (Å²) < 4.78 is 0. The third-order valence-electron chi connectivity index (χ3n) is 3.02. The first kappa shape index (κ1) is 10.0. The van der Waals surface area contributed by atoms with E-state index in [4.69, 9.17) is 5.26 Å². The second kappa shape index (κ2) is 4.84. The Balaban J connectivity index is 2.23. The van der Waals surface area contributed by atoms with E-state index in [0.717, 1.165) is 5.57 Å². The second-order valence-electron chi connectivity index (χ2n) is 4.07. The average Bonchev–Trinajstić information content (AvgIpc) is 2.31. The summed E-state index contributed by atoms with van der Waals surface area (Å²) in [6, 6.07) is 2.23. The molecule has 0 amide bonds. The first-order chi connectivity index (χ1) is 7.42. The Kier molecular flexibility index (Phi) is 3.24. The molecule has 1 aliphatic heterocycles. The van der Waals surface area contributed by atoms with Gasteiger partial charge in [-0.15, -0.1) is 0 Å². The van der Waals surface area contributed by atoms with E-state index in [9.17, 15) is 0 Å². The van der Waals surface area contributed by atoms with Crippen molar-refractivity contribution in [3.05, 3.63) is 35.2 Å². The number of allylic oxidation sites excluding steroid dienone is 4. The fourth-order valence-corrected chi connectivity index (χ4v) is 2.26. The van der Waals surface area contributed by atoms with Gasteiger partial charge < -0.3 is 5.32 Å². The Hall–Kier alpha value is -1.49. The molecule has 2 heteroatoms. The maximum atomic E-state index is 8.77. The molecule has 0 unspecified atom stereocenters. The molecule has 1 saturated carbocycles. The zero-order chi connectivity index (χ0) is 10.5. The molecule has 2 aliphatic rings. The third kappa shape index (κ3) is 2.30. The topological polar surface area (TPSA) is 35.8 Å². The quantitative estimate of drug-likeness (QED) is 0.705. The van der Waals surface area contributed by atoms with Crippen molar-refractivity contribution >= 4 is 0 Å². The summed E-state index contributed by atoms with van der Waals surface area (Å²) in [4.78, 5) is 0. The van der Waals surface area contributed by atoms with Crippen molar-refractivity contribution in [1.82, 2.24) is 5.32 Å². The largest absolute Gasteiger partial charge is 0.361 e. The fourth-order valence-electron chi connectivity index (χ4n) is 2.26. The fraction of sp³-hybridized carbons (Fsp3) is 0.462. The van der Waals surface area contributed by atoms with Crippen LogP contribution in [0.4, 0.5) is 0 Å². The van der Waals surface area contributed by atoms with E-state index in [0.29, 0.717) is 6.42 Å². The summed E-state index contributed by atoms with van der Waals surface area (Å²) in [6.07, 6.45) is 12.8. The molecule has 1 N–H and O–H groups in total. The minimum absolute atomic E-state index is 0.510.